The zero-order valence-corrected chi connectivity index (χ0v) is 51.6. The summed E-state index contributed by atoms with van der Waals surface area (Å²) < 4.78 is 5.12. The molecule has 2 aliphatic heterocycles. The molecule has 0 amide bonds. The molecule has 2 aliphatic rings. The van der Waals surface area contributed by atoms with Crippen molar-refractivity contribution < 1.29 is 0 Å². The van der Waals surface area contributed by atoms with Crippen LogP contribution in [0.2, 0.25) is 0 Å². The van der Waals surface area contributed by atoms with E-state index in [4.69, 9.17) is 0 Å². The van der Waals surface area contributed by atoms with Crippen molar-refractivity contribution in [3.63, 3.8) is 0 Å². The molecule has 2 aromatic heterocycles. The predicted molar refractivity (Wildman–Crippen MR) is 358 cm³/mol. The fraction of sp³-hybridized carbons (Fsp3) is 0.263. The maximum Gasteiger partial charge on any atom is 0.264 e. The van der Waals surface area contributed by atoms with Gasteiger partial charge in [-0.3, -0.25) is 0 Å². The van der Waals surface area contributed by atoms with Crippen LogP contribution in [0.5, 0.6) is 0 Å². The third-order valence-electron chi connectivity index (χ3n) is 17.5. The van der Waals surface area contributed by atoms with Gasteiger partial charge in [0.05, 0.1) is 16.7 Å². The number of nitrogens with zero attached hydrogens (tertiary/aromatic N) is 4. The zero-order chi connectivity index (χ0) is 57.6. The van der Waals surface area contributed by atoms with Gasteiger partial charge in [0.15, 0.2) is 0 Å². The zero-order valence-electron chi connectivity index (χ0n) is 50.7. The van der Waals surface area contributed by atoms with Gasteiger partial charge >= 0.3 is 0 Å². The van der Waals surface area contributed by atoms with Gasteiger partial charge < -0.3 is 19.3 Å². The Kier molecular flexibility index (Phi) is 12.3. The summed E-state index contributed by atoms with van der Waals surface area (Å²) in [6, 6.07) is 74.8. The van der Waals surface area contributed by atoms with Gasteiger partial charge in [-0.25, -0.2) is 0 Å². The molecule has 0 radical (unpaired) electrons. The molecule has 4 nitrogen and oxygen atoms in total. The summed E-state index contributed by atoms with van der Waals surface area (Å²) in [7, 11) is 0. The maximum absolute atomic E-state index is 2.64. The number of benzene rings is 9. The molecular weight excluding hydrogens is 1010 g/mol. The van der Waals surface area contributed by atoms with E-state index in [0.717, 1.165) is 28.4 Å². The van der Waals surface area contributed by atoms with Crippen LogP contribution < -0.4 is 30.4 Å². The van der Waals surface area contributed by atoms with E-state index in [1.54, 1.807) is 0 Å². The van der Waals surface area contributed by atoms with Crippen molar-refractivity contribution in [3.05, 3.63) is 222 Å². The number of rotatable bonds is 6. The molecule has 0 unspecified atom stereocenters. The SMILES string of the molecule is CC(C)(C)c1ccc(N(c2ccc3c(c2)N(c2ccc(C(C)(C)C)cc2)c2cc(C(C)(C)C)cc4c2B3c2sc3ccc(C(C)(C)C)cc3c2N4c2ccc(C(C)(C)C)cc2)c2ccc3c4ccccc4n(-c4ccccc4)c3c2)cc1. The van der Waals surface area contributed by atoms with Crippen molar-refractivity contribution >= 4 is 117 Å². The first-order chi connectivity index (χ1) is 38.8. The average Bonchev–Trinajstić information content (AvgIpc) is 1.82. The number of para-hydroxylation sites is 2. The number of aromatic nitrogens is 1. The lowest BCUT2D eigenvalue weighted by atomic mass is 9.36. The quantitative estimate of drug-likeness (QED) is 0.154. The molecule has 82 heavy (non-hydrogen) atoms. The van der Waals surface area contributed by atoms with Gasteiger partial charge in [0.2, 0.25) is 0 Å². The molecule has 0 aliphatic carbocycles. The maximum atomic E-state index is 2.64. The monoisotopic (exact) mass is 1090 g/mol. The van der Waals surface area contributed by atoms with Gasteiger partial charge in [-0.15, -0.1) is 11.3 Å². The molecule has 6 heteroatoms. The van der Waals surface area contributed by atoms with Crippen LogP contribution in [0, 0.1) is 0 Å². The number of hydrogen-bond acceptors (Lipinski definition) is 4. The summed E-state index contributed by atoms with van der Waals surface area (Å²) in [5.74, 6) is 0. The first kappa shape index (κ1) is 53.5. The number of anilines is 9. The number of fused-ring (bicyclic) bond motifs is 9. The number of thiophene rings is 1. The standard InChI is InChI=1S/C76H77BN4S/c1-72(2,3)48-25-32-54(33-26-48)78(57-38-40-60-59-23-19-20-24-63(59)79(64(60)46-57)53-21-17-16-18-22-53)58-39-41-62-65(47-58)80(55-34-27-49(28-35-55)73(4,5)6)66-44-52(76(13,14)15)45-67-69(66)77(62)71-70(61-43-51(75(10,11)12)31-42-68(61)82-71)81(67)56-36-29-50(30-37-56)74(7,8)9/h16-47H,1-15H3. The van der Waals surface area contributed by atoms with Crippen molar-refractivity contribution in [1.29, 1.82) is 0 Å². The van der Waals surface area contributed by atoms with E-state index in [1.165, 1.54) is 104 Å². The third kappa shape index (κ3) is 8.95. The van der Waals surface area contributed by atoms with Crippen molar-refractivity contribution in [2.75, 3.05) is 14.7 Å². The molecule has 13 rings (SSSR count). The highest BCUT2D eigenvalue weighted by Crippen LogP contribution is 2.51. The second-order valence-electron chi connectivity index (χ2n) is 28.4. The Morgan fingerprint density at radius 1 is 0.354 bits per heavy atom. The molecule has 0 N–H and O–H groups in total. The summed E-state index contributed by atoms with van der Waals surface area (Å²) in [5.41, 5.74) is 23.1. The fourth-order valence-corrected chi connectivity index (χ4v) is 14.1. The van der Waals surface area contributed by atoms with E-state index < -0.39 is 0 Å². The van der Waals surface area contributed by atoms with Crippen molar-refractivity contribution in [2.45, 2.75) is 131 Å². The molecule has 410 valence electrons. The lowest BCUT2D eigenvalue weighted by Gasteiger charge is -2.44. The van der Waals surface area contributed by atoms with Crippen molar-refractivity contribution in [3.8, 4) is 5.69 Å². The molecule has 9 aromatic carbocycles. The van der Waals surface area contributed by atoms with Gasteiger partial charge in [-0.2, -0.15) is 0 Å². The first-order valence-electron chi connectivity index (χ1n) is 29.5. The normalized spacial score (nSPS) is 13.7. The van der Waals surface area contributed by atoms with Crippen molar-refractivity contribution in [1.82, 2.24) is 4.57 Å². The predicted octanol–water partition coefficient (Wildman–Crippen LogP) is 20.0. The Balaban J connectivity index is 1.11. The molecule has 4 heterocycles. The summed E-state index contributed by atoms with van der Waals surface area (Å²) in [5, 5.41) is 3.79. The molecule has 0 atom stereocenters. The Labute approximate surface area is 491 Å². The average molecular weight is 1090 g/mol. The first-order valence-corrected chi connectivity index (χ1v) is 30.3. The lowest BCUT2D eigenvalue weighted by Crippen LogP contribution is -2.60. The molecule has 11 aromatic rings. The topological polar surface area (TPSA) is 14.7 Å². The minimum Gasteiger partial charge on any atom is -0.311 e. The minimum atomic E-state index is -0.167. The molecule has 0 fully saturated rings. The van der Waals surface area contributed by atoms with Crippen LogP contribution >= 0.6 is 11.3 Å². The van der Waals surface area contributed by atoms with Crippen LogP contribution in [-0.4, -0.2) is 11.3 Å². The van der Waals surface area contributed by atoms with Gasteiger partial charge in [0.25, 0.3) is 6.71 Å². The van der Waals surface area contributed by atoms with Crippen LogP contribution in [0.25, 0.3) is 37.6 Å². The van der Waals surface area contributed by atoms with E-state index in [-0.39, 0.29) is 33.8 Å². The van der Waals surface area contributed by atoms with Gasteiger partial charge in [-0.05, 0) is 169 Å². The van der Waals surface area contributed by atoms with E-state index in [0.29, 0.717) is 0 Å². The van der Waals surface area contributed by atoms with Gasteiger partial charge in [0, 0.05) is 76.8 Å². The summed E-state index contributed by atoms with van der Waals surface area (Å²) >= 11 is 1.98. The molecule has 0 saturated carbocycles. The largest absolute Gasteiger partial charge is 0.311 e. The highest BCUT2D eigenvalue weighted by Gasteiger charge is 2.46. The van der Waals surface area contributed by atoms with Crippen LogP contribution in [0.1, 0.15) is 132 Å². The smallest absolute Gasteiger partial charge is 0.264 e. The van der Waals surface area contributed by atoms with E-state index in [1.807, 2.05) is 11.3 Å². The van der Waals surface area contributed by atoms with Gasteiger partial charge in [-0.1, -0.05) is 195 Å². The summed E-state index contributed by atoms with van der Waals surface area (Å²) in [6.07, 6.45) is 0. The summed E-state index contributed by atoms with van der Waals surface area (Å²) in [4.78, 5) is 7.76. The Bertz CT molecular complexity index is 4280. The Morgan fingerprint density at radius 2 is 0.841 bits per heavy atom. The highest BCUT2D eigenvalue weighted by molar-refractivity contribution is 7.33. The van der Waals surface area contributed by atoms with Crippen molar-refractivity contribution in [2.24, 2.45) is 0 Å². The van der Waals surface area contributed by atoms with E-state index >= 15 is 0 Å². The second-order valence-corrected chi connectivity index (χ2v) is 29.5. The van der Waals surface area contributed by atoms with Crippen LogP contribution in [-0.2, 0) is 27.1 Å². The third-order valence-corrected chi connectivity index (χ3v) is 18.8. The lowest BCUT2D eigenvalue weighted by molar-refractivity contribution is 0.590. The van der Waals surface area contributed by atoms with E-state index in [9.17, 15) is 0 Å². The van der Waals surface area contributed by atoms with Crippen LogP contribution in [0.15, 0.2) is 194 Å². The second kappa shape index (κ2) is 18.9. The number of hydrogen-bond donors (Lipinski definition) is 0. The molecule has 0 saturated heterocycles. The molecule has 0 spiro atoms. The molecule has 0 bridgehead atoms. The summed E-state index contributed by atoms with van der Waals surface area (Å²) in [6.45, 7) is 34.9. The van der Waals surface area contributed by atoms with E-state index in [2.05, 4.69) is 317 Å². The van der Waals surface area contributed by atoms with Gasteiger partial charge in [0.1, 0.15) is 0 Å². The molecular formula is C76H77BN4S. The fourth-order valence-electron chi connectivity index (χ4n) is 12.8. The minimum absolute atomic E-state index is 0.00286. The Hall–Kier alpha value is -7.80. The van der Waals surface area contributed by atoms with Crippen LogP contribution in [0.3, 0.4) is 0 Å². The van der Waals surface area contributed by atoms with Crippen LogP contribution in [0.4, 0.5) is 51.2 Å². The Morgan fingerprint density at radius 3 is 1.44 bits per heavy atom. The highest BCUT2D eigenvalue weighted by atomic mass is 32.1.